The van der Waals surface area contributed by atoms with Crippen LogP contribution in [0.3, 0.4) is 0 Å². The summed E-state index contributed by atoms with van der Waals surface area (Å²) in [7, 11) is 0. The SMILES string of the molecule is O=C(Nc1cccc(F)c1)[C@@H]1Oc2ccccc2NC1=O. The van der Waals surface area contributed by atoms with Crippen molar-refractivity contribution in [3.63, 3.8) is 0 Å². The minimum Gasteiger partial charge on any atom is -0.468 e. The number of anilines is 2. The molecule has 2 N–H and O–H groups in total. The van der Waals surface area contributed by atoms with Crippen molar-refractivity contribution in [2.75, 3.05) is 10.6 Å². The van der Waals surface area contributed by atoms with Gasteiger partial charge >= 0.3 is 0 Å². The largest absolute Gasteiger partial charge is 0.468 e. The first kappa shape index (κ1) is 13.1. The zero-order valence-corrected chi connectivity index (χ0v) is 10.8. The molecular formula is C15H11FN2O3. The van der Waals surface area contributed by atoms with Gasteiger partial charge in [0.25, 0.3) is 17.9 Å². The van der Waals surface area contributed by atoms with Crippen molar-refractivity contribution >= 4 is 23.2 Å². The van der Waals surface area contributed by atoms with Gasteiger partial charge in [-0.1, -0.05) is 18.2 Å². The number of ether oxygens (including phenoxy) is 1. The van der Waals surface area contributed by atoms with Crippen LogP contribution in [0.5, 0.6) is 5.75 Å². The molecule has 0 radical (unpaired) electrons. The molecule has 0 bridgehead atoms. The van der Waals surface area contributed by atoms with E-state index in [4.69, 9.17) is 4.74 Å². The molecule has 6 heteroatoms. The molecule has 0 aliphatic carbocycles. The van der Waals surface area contributed by atoms with Gasteiger partial charge in [0.05, 0.1) is 5.69 Å². The summed E-state index contributed by atoms with van der Waals surface area (Å²) in [6, 6.07) is 12.2. The molecule has 2 aromatic rings. The van der Waals surface area contributed by atoms with Crippen molar-refractivity contribution in [2.24, 2.45) is 0 Å². The predicted molar refractivity (Wildman–Crippen MR) is 74.5 cm³/mol. The predicted octanol–water partition coefficient (Wildman–Crippen LogP) is 2.16. The summed E-state index contributed by atoms with van der Waals surface area (Å²) in [5, 5.41) is 5.04. The minimum absolute atomic E-state index is 0.259. The van der Waals surface area contributed by atoms with Crippen LogP contribution in [0.15, 0.2) is 48.5 Å². The maximum atomic E-state index is 13.1. The van der Waals surface area contributed by atoms with Crippen molar-refractivity contribution < 1.29 is 18.7 Å². The smallest absolute Gasteiger partial charge is 0.275 e. The van der Waals surface area contributed by atoms with Crippen LogP contribution in [0.1, 0.15) is 0 Å². The van der Waals surface area contributed by atoms with Gasteiger partial charge in [-0.3, -0.25) is 9.59 Å². The van der Waals surface area contributed by atoms with Gasteiger partial charge in [0.1, 0.15) is 11.6 Å². The summed E-state index contributed by atoms with van der Waals surface area (Å²) in [6.45, 7) is 0. The standard InChI is InChI=1S/C15H11FN2O3/c16-9-4-3-5-10(8-9)17-14(19)13-15(20)18-11-6-1-2-7-12(11)21-13/h1-8,13H,(H,17,19)(H,18,20)/t13-/m0/s1. The second-order valence-electron chi connectivity index (χ2n) is 4.48. The quantitative estimate of drug-likeness (QED) is 0.831. The molecule has 1 aliphatic heterocycles. The van der Waals surface area contributed by atoms with Crippen molar-refractivity contribution in [1.82, 2.24) is 0 Å². The number of amides is 2. The lowest BCUT2D eigenvalue weighted by atomic mass is 10.2. The summed E-state index contributed by atoms with van der Waals surface area (Å²) in [6.07, 6.45) is -1.32. The molecule has 2 amide bonds. The van der Waals surface area contributed by atoms with Gasteiger partial charge in [-0.05, 0) is 30.3 Å². The number of nitrogens with one attached hydrogen (secondary N) is 2. The van der Waals surface area contributed by atoms with Crippen LogP contribution in [0.4, 0.5) is 15.8 Å². The molecule has 0 aromatic heterocycles. The minimum atomic E-state index is -1.32. The third kappa shape index (κ3) is 2.69. The van der Waals surface area contributed by atoms with Crippen LogP contribution in [-0.2, 0) is 9.59 Å². The number of rotatable bonds is 2. The summed E-state index contributed by atoms with van der Waals surface area (Å²) >= 11 is 0. The number of hydrogen-bond donors (Lipinski definition) is 2. The van der Waals surface area contributed by atoms with E-state index in [0.29, 0.717) is 11.4 Å². The van der Waals surface area contributed by atoms with Crippen molar-refractivity contribution in [3.05, 3.63) is 54.3 Å². The number of halogens is 1. The average Bonchev–Trinajstić information content (AvgIpc) is 2.46. The lowest BCUT2D eigenvalue weighted by Crippen LogP contribution is -2.45. The number of fused-ring (bicyclic) bond motifs is 1. The highest BCUT2D eigenvalue weighted by Crippen LogP contribution is 2.29. The first-order valence-corrected chi connectivity index (χ1v) is 6.26. The Labute approximate surface area is 119 Å². The van der Waals surface area contributed by atoms with E-state index in [2.05, 4.69) is 10.6 Å². The van der Waals surface area contributed by atoms with Gasteiger partial charge in [-0.25, -0.2) is 4.39 Å². The van der Waals surface area contributed by atoms with E-state index >= 15 is 0 Å². The first-order chi connectivity index (χ1) is 10.1. The van der Waals surface area contributed by atoms with E-state index < -0.39 is 23.7 Å². The maximum Gasteiger partial charge on any atom is 0.275 e. The number of carbonyl (C=O) groups excluding carboxylic acids is 2. The molecule has 5 nitrogen and oxygen atoms in total. The molecule has 1 aliphatic rings. The normalized spacial score (nSPS) is 16.4. The Morgan fingerprint density at radius 1 is 1.19 bits per heavy atom. The van der Waals surface area contributed by atoms with Crippen LogP contribution >= 0.6 is 0 Å². The Morgan fingerprint density at radius 2 is 2.00 bits per heavy atom. The second-order valence-corrected chi connectivity index (χ2v) is 4.48. The molecule has 21 heavy (non-hydrogen) atoms. The van der Waals surface area contributed by atoms with Crippen molar-refractivity contribution in [1.29, 1.82) is 0 Å². The summed E-state index contributed by atoms with van der Waals surface area (Å²) < 4.78 is 18.5. The molecule has 0 saturated carbocycles. The summed E-state index contributed by atoms with van der Waals surface area (Å²) in [4.78, 5) is 24.0. The highest BCUT2D eigenvalue weighted by Gasteiger charge is 2.33. The zero-order chi connectivity index (χ0) is 14.8. The first-order valence-electron chi connectivity index (χ1n) is 6.26. The molecule has 2 aromatic carbocycles. The van der Waals surface area contributed by atoms with Gasteiger partial charge < -0.3 is 15.4 Å². The van der Waals surface area contributed by atoms with Crippen LogP contribution in [-0.4, -0.2) is 17.9 Å². The lowest BCUT2D eigenvalue weighted by Gasteiger charge is -2.24. The number of carbonyl (C=O) groups is 2. The molecule has 0 spiro atoms. The summed E-state index contributed by atoms with van der Waals surface area (Å²) in [5.74, 6) is -1.29. The van der Waals surface area contributed by atoms with Gasteiger partial charge in [0.15, 0.2) is 0 Å². The van der Waals surface area contributed by atoms with Gasteiger partial charge in [-0.2, -0.15) is 0 Å². The Balaban J connectivity index is 1.78. The van der Waals surface area contributed by atoms with Crippen LogP contribution in [0.25, 0.3) is 0 Å². The van der Waals surface area contributed by atoms with E-state index in [1.54, 1.807) is 24.3 Å². The van der Waals surface area contributed by atoms with Crippen molar-refractivity contribution in [2.45, 2.75) is 6.10 Å². The molecule has 1 atom stereocenters. The highest BCUT2D eigenvalue weighted by atomic mass is 19.1. The van der Waals surface area contributed by atoms with Crippen molar-refractivity contribution in [3.8, 4) is 5.75 Å². The summed E-state index contributed by atoms with van der Waals surface area (Å²) in [5.41, 5.74) is 0.771. The number of para-hydroxylation sites is 2. The average molecular weight is 286 g/mol. The Hall–Kier alpha value is -2.89. The second kappa shape index (κ2) is 5.24. The van der Waals surface area contributed by atoms with Crippen LogP contribution < -0.4 is 15.4 Å². The highest BCUT2D eigenvalue weighted by molar-refractivity contribution is 6.15. The van der Waals surface area contributed by atoms with E-state index in [0.717, 1.165) is 6.07 Å². The molecule has 1 heterocycles. The molecule has 0 unspecified atom stereocenters. The fraction of sp³-hybridized carbons (Fsp3) is 0.0667. The van der Waals surface area contributed by atoms with E-state index in [1.807, 2.05) is 0 Å². The van der Waals surface area contributed by atoms with Gasteiger partial charge in [0, 0.05) is 5.69 Å². The van der Waals surface area contributed by atoms with Crippen LogP contribution in [0.2, 0.25) is 0 Å². The lowest BCUT2D eigenvalue weighted by molar-refractivity contribution is -0.133. The Kier molecular flexibility index (Phi) is 3.27. The third-order valence-electron chi connectivity index (χ3n) is 2.96. The fourth-order valence-electron chi connectivity index (χ4n) is 2.00. The topological polar surface area (TPSA) is 67.4 Å². The molecule has 106 valence electrons. The number of benzene rings is 2. The van der Waals surface area contributed by atoms with Gasteiger partial charge in [-0.15, -0.1) is 0 Å². The Morgan fingerprint density at radius 3 is 2.81 bits per heavy atom. The monoisotopic (exact) mass is 286 g/mol. The van der Waals surface area contributed by atoms with Gasteiger partial charge in [0.2, 0.25) is 0 Å². The van der Waals surface area contributed by atoms with Crippen LogP contribution in [0, 0.1) is 5.82 Å². The molecular weight excluding hydrogens is 275 g/mol. The molecule has 0 fully saturated rings. The number of hydrogen-bond acceptors (Lipinski definition) is 3. The maximum absolute atomic E-state index is 13.1. The Bertz CT molecular complexity index is 718. The zero-order valence-electron chi connectivity index (χ0n) is 10.8. The fourth-order valence-corrected chi connectivity index (χ4v) is 2.00. The third-order valence-corrected chi connectivity index (χ3v) is 2.96. The van der Waals surface area contributed by atoms with E-state index in [1.165, 1.54) is 18.2 Å². The molecule has 3 rings (SSSR count). The molecule has 0 saturated heterocycles. The van der Waals surface area contributed by atoms with E-state index in [9.17, 15) is 14.0 Å². The van der Waals surface area contributed by atoms with E-state index in [-0.39, 0.29) is 5.69 Å².